The molecule has 1 aliphatic carbocycles. The molecular formula is C26H38N2O7S. The van der Waals surface area contributed by atoms with Crippen LogP contribution in [0.25, 0.3) is 0 Å². The highest BCUT2D eigenvalue weighted by atomic mass is 32.2. The zero-order chi connectivity index (χ0) is 25.5. The van der Waals surface area contributed by atoms with Crippen LogP contribution in [0.1, 0.15) is 44.9 Å². The largest absolute Gasteiger partial charge is 0.497 e. The molecule has 2 aliphatic heterocycles. The van der Waals surface area contributed by atoms with E-state index in [2.05, 4.69) is 0 Å². The van der Waals surface area contributed by atoms with Crippen molar-refractivity contribution < 1.29 is 32.5 Å². The van der Waals surface area contributed by atoms with Crippen molar-refractivity contribution in [1.29, 1.82) is 0 Å². The number of hydrogen-bond acceptors (Lipinski definition) is 7. The van der Waals surface area contributed by atoms with Gasteiger partial charge in [-0.25, -0.2) is 8.42 Å². The van der Waals surface area contributed by atoms with E-state index in [0.717, 1.165) is 38.8 Å². The van der Waals surface area contributed by atoms with E-state index >= 15 is 0 Å². The van der Waals surface area contributed by atoms with Crippen molar-refractivity contribution in [2.75, 3.05) is 46.5 Å². The molecular weight excluding hydrogens is 484 g/mol. The molecule has 2 atom stereocenters. The van der Waals surface area contributed by atoms with Gasteiger partial charge in [-0.15, -0.1) is 0 Å². The van der Waals surface area contributed by atoms with Gasteiger partial charge in [0.25, 0.3) is 5.91 Å². The molecule has 1 saturated carbocycles. The monoisotopic (exact) mass is 522 g/mol. The normalized spacial score (nSPS) is 23.1. The average Bonchev–Trinajstić information content (AvgIpc) is 3.63. The molecule has 3 aliphatic rings. The first kappa shape index (κ1) is 26.9. The Balaban J connectivity index is 1.40. The molecule has 10 heteroatoms. The predicted octanol–water partition coefficient (Wildman–Crippen LogP) is 2.75. The van der Waals surface area contributed by atoms with E-state index in [1.807, 2.05) is 11.0 Å². The third-order valence-electron chi connectivity index (χ3n) is 7.39. The lowest BCUT2D eigenvalue weighted by molar-refractivity contribution is -0.156. The fraction of sp³-hybridized carbons (Fsp3) is 0.654. The highest BCUT2D eigenvalue weighted by molar-refractivity contribution is 7.89. The molecule has 0 aromatic heterocycles. The SMILES string of the molecule is COc1ccc(S(=O)(=O)N(CCO)CCO[C@@H]2C[C@H](C3CCCC3)C=C(C(=O)N3CCCC3)O2)cc1. The summed E-state index contributed by atoms with van der Waals surface area (Å²) < 4.78 is 44.6. The second kappa shape index (κ2) is 12.4. The molecule has 2 heterocycles. The number of carbonyl (C=O) groups excluding carboxylic acids is 1. The third-order valence-corrected chi connectivity index (χ3v) is 9.30. The lowest BCUT2D eigenvalue weighted by atomic mass is 9.86. The number of rotatable bonds is 11. The number of methoxy groups -OCH3 is 1. The Morgan fingerprint density at radius 2 is 1.81 bits per heavy atom. The summed E-state index contributed by atoms with van der Waals surface area (Å²) in [5, 5.41) is 9.49. The number of nitrogens with zero attached hydrogens (tertiary/aromatic N) is 2. The smallest absolute Gasteiger partial charge is 0.288 e. The molecule has 0 bridgehead atoms. The van der Waals surface area contributed by atoms with Crippen molar-refractivity contribution >= 4 is 15.9 Å². The fourth-order valence-corrected chi connectivity index (χ4v) is 6.79. The Bertz CT molecular complexity index is 1000. The first-order valence-corrected chi connectivity index (χ1v) is 14.4. The second-order valence-electron chi connectivity index (χ2n) is 9.70. The number of likely N-dealkylation sites (tertiary alicyclic amines) is 1. The fourth-order valence-electron chi connectivity index (χ4n) is 5.37. The summed E-state index contributed by atoms with van der Waals surface area (Å²) in [6.45, 7) is 1.28. The van der Waals surface area contributed by atoms with Crippen LogP contribution >= 0.6 is 0 Å². The van der Waals surface area contributed by atoms with Gasteiger partial charge >= 0.3 is 0 Å². The number of amides is 1. The lowest BCUT2D eigenvalue weighted by Gasteiger charge is -2.33. The number of benzene rings is 1. The van der Waals surface area contributed by atoms with Crippen LogP contribution in [0.15, 0.2) is 41.0 Å². The van der Waals surface area contributed by atoms with Gasteiger partial charge in [-0.05, 0) is 67.9 Å². The molecule has 2 fully saturated rings. The summed E-state index contributed by atoms with van der Waals surface area (Å²) in [5.41, 5.74) is 0. The van der Waals surface area contributed by atoms with Gasteiger partial charge in [0.2, 0.25) is 16.3 Å². The summed E-state index contributed by atoms with van der Waals surface area (Å²) in [6.07, 6.45) is 8.75. The third kappa shape index (κ3) is 6.40. The van der Waals surface area contributed by atoms with Gasteiger partial charge < -0.3 is 24.2 Å². The minimum absolute atomic E-state index is 0.0491. The summed E-state index contributed by atoms with van der Waals surface area (Å²) >= 11 is 0. The van der Waals surface area contributed by atoms with Gasteiger partial charge in [-0.1, -0.05) is 12.8 Å². The molecule has 1 aromatic rings. The van der Waals surface area contributed by atoms with Crippen LogP contribution in [0.5, 0.6) is 5.75 Å². The van der Waals surface area contributed by atoms with Gasteiger partial charge in [0.15, 0.2) is 5.76 Å². The minimum atomic E-state index is -3.83. The van der Waals surface area contributed by atoms with Crippen LogP contribution in [-0.4, -0.2) is 81.4 Å². The van der Waals surface area contributed by atoms with Crippen molar-refractivity contribution in [3.05, 3.63) is 36.1 Å². The Kier molecular flexibility index (Phi) is 9.27. The number of aliphatic hydroxyl groups is 1. The standard InChI is InChI=1S/C26H38N2O7S/c1-33-22-8-10-23(11-9-22)36(31,32)28(14-16-29)15-17-34-25-19-21(20-6-2-3-7-20)18-24(35-25)26(30)27-12-4-5-13-27/h8-11,18,20-21,25,29H,2-7,12-17,19H2,1H3/t21-,25+/m1/s1. The summed E-state index contributed by atoms with van der Waals surface area (Å²) in [6, 6.07) is 6.14. The number of hydrogen-bond donors (Lipinski definition) is 1. The number of sulfonamides is 1. The molecule has 9 nitrogen and oxygen atoms in total. The molecule has 4 rings (SSSR count). The first-order chi connectivity index (χ1) is 17.4. The van der Waals surface area contributed by atoms with Crippen molar-refractivity contribution in [3.63, 3.8) is 0 Å². The van der Waals surface area contributed by atoms with Gasteiger partial charge in [0, 0.05) is 32.6 Å². The van der Waals surface area contributed by atoms with Crippen molar-refractivity contribution in [2.45, 2.75) is 56.1 Å². The van der Waals surface area contributed by atoms with Gasteiger partial charge in [0.05, 0.1) is 25.2 Å². The highest BCUT2D eigenvalue weighted by Gasteiger charge is 2.35. The summed E-state index contributed by atoms with van der Waals surface area (Å²) in [7, 11) is -2.31. The quantitative estimate of drug-likeness (QED) is 0.476. The molecule has 0 spiro atoms. The van der Waals surface area contributed by atoms with E-state index in [1.165, 1.54) is 36.4 Å². The molecule has 1 aromatic carbocycles. The van der Waals surface area contributed by atoms with Crippen molar-refractivity contribution in [1.82, 2.24) is 9.21 Å². The van der Waals surface area contributed by atoms with E-state index in [1.54, 1.807) is 12.1 Å². The van der Waals surface area contributed by atoms with E-state index in [4.69, 9.17) is 14.2 Å². The maximum absolute atomic E-state index is 13.1. The van der Waals surface area contributed by atoms with Crippen LogP contribution in [0.4, 0.5) is 0 Å². The van der Waals surface area contributed by atoms with Crippen LogP contribution < -0.4 is 4.74 Å². The topological polar surface area (TPSA) is 106 Å². The maximum Gasteiger partial charge on any atom is 0.288 e. The minimum Gasteiger partial charge on any atom is -0.497 e. The van der Waals surface area contributed by atoms with E-state index in [0.29, 0.717) is 23.8 Å². The highest BCUT2D eigenvalue weighted by Crippen LogP contribution is 2.38. The maximum atomic E-state index is 13.1. The molecule has 1 saturated heterocycles. The summed E-state index contributed by atoms with van der Waals surface area (Å²) in [4.78, 5) is 15.0. The Hall–Kier alpha value is -2.14. The van der Waals surface area contributed by atoms with E-state index in [9.17, 15) is 18.3 Å². The molecule has 0 radical (unpaired) electrons. The molecule has 1 N–H and O–H groups in total. The molecule has 36 heavy (non-hydrogen) atoms. The zero-order valence-electron chi connectivity index (χ0n) is 21.0. The van der Waals surface area contributed by atoms with E-state index < -0.39 is 16.3 Å². The second-order valence-corrected chi connectivity index (χ2v) is 11.6. The van der Waals surface area contributed by atoms with E-state index in [-0.39, 0.29) is 43.0 Å². The molecule has 200 valence electrons. The Morgan fingerprint density at radius 1 is 1.11 bits per heavy atom. The van der Waals surface area contributed by atoms with Crippen molar-refractivity contribution in [3.8, 4) is 5.75 Å². The Morgan fingerprint density at radius 3 is 2.44 bits per heavy atom. The lowest BCUT2D eigenvalue weighted by Crippen LogP contribution is -2.39. The van der Waals surface area contributed by atoms with Gasteiger partial charge in [-0.3, -0.25) is 4.79 Å². The number of aliphatic hydroxyl groups excluding tert-OH is 1. The number of allylic oxidation sites excluding steroid dienone is 1. The number of ether oxygens (including phenoxy) is 3. The number of carbonyl (C=O) groups is 1. The van der Waals surface area contributed by atoms with Crippen LogP contribution in [0, 0.1) is 11.8 Å². The molecule has 0 unspecified atom stereocenters. The predicted molar refractivity (Wildman–Crippen MR) is 134 cm³/mol. The van der Waals surface area contributed by atoms with Gasteiger partial charge in [0.1, 0.15) is 5.75 Å². The zero-order valence-corrected chi connectivity index (χ0v) is 21.8. The van der Waals surface area contributed by atoms with Crippen LogP contribution in [0.3, 0.4) is 0 Å². The molecule has 1 amide bonds. The van der Waals surface area contributed by atoms with Gasteiger partial charge in [-0.2, -0.15) is 4.31 Å². The first-order valence-electron chi connectivity index (χ1n) is 13.0. The summed E-state index contributed by atoms with van der Waals surface area (Å²) in [5.74, 6) is 1.58. The Labute approximate surface area is 214 Å². The van der Waals surface area contributed by atoms with Crippen molar-refractivity contribution in [2.24, 2.45) is 11.8 Å². The van der Waals surface area contributed by atoms with Crippen LogP contribution in [0.2, 0.25) is 0 Å². The van der Waals surface area contributed by atoms with Crippen LogP contribution in [-0.2, 0) is 24.3 Å². The average molecular weight is 523 g/mol.